The molecule has 2 aromatic rings. The predicted octanol–water partition coefficient (Wildman–Crippen LogP) is 5.26. The highest BCUT2D eigenvalue weighted by Crippen LogP contribution is 2.32. The highest BCUT2D eigenvalue weighted by Gasteiger charge is 2.47. The minimum Gasteiger partial charge on any atom is -0.406 e. The average Bonchev–Trinajstić information content (AvgIpc) is 3.11. The van der Waals surface area contributed by atoms with E-state index >= 15 is 0 Å². The van der Waals surface area contributed by atoms with Gasteiger partial charge in [0.1, 0.15) is 11.8 Å². The Bertz CT molecular complexity index is 1170. The second-order valence-corrected chi connectivity index (χ2v) is 8.01. The SMILES string of the molecule is C/C(=C\c1cnccc1C(=O)CCC(=O)N1CC(F)(F)C[C@H]1C#N)c1ccc(OC(F)(F)F)cc1. The molecular formula is C24H20F5N3O3. The summed E-state index contributed by atoms with van der Waals surface area (Å²) >= 11 is 0. The Balaban J connectivity index is 1.70. The number of pyridine rings is 1. The van der Waals surface area contributed by atoms with E-state index in [1.807, 2.05) is 0 Å². The smallest absolute Gasteiger partial charge is 0.406 e. The zero-order valence-corrected chi connectivity index (χ0v) is 18.5. The fraction of sp³-hybridized carbons (Fsp3) is 0.333. The number of hydrogen-bond donors (Lipinski definition) is 0. The standard InChI is InChI=1S/C24H20F5N3O3/c1-15(16-2-4-19(5-3-16)35-24(27,28)29)10-17-13-31-9-8-20(17)21(33)6-7-22(34)32-14-23(25,26)11-18(32)12-30/h2-5,8-10,13,18H,6-7,11,14H2,1H3/b15-10+/t18-/m0/s1. The number of carbonyl (C=O) groups excluding carboxylic acids is 2. The fourth-order valence-corrected chi connectivity index (χ4v) is 3.70. The summed E-state index contributed by atoms with van der Waals surface area (Å²) in [5.41, 5.74) is 1.86. The van der Waals surface area contributed by atoms with Crippen molar-refractivity contribution in [3.63, 3.8) is 0 Å². The van der Waals surface area contributed by atoms with Gasteiger partial charge in [0.2, 0.25) is 5.91 Å². The van der Waals surface area contributed by atoms with Gasteiger partial charge < -0.3 is 9.64 Å². The van der Waals surface area contributed by atoms with Gasteiger partial charge in [0.25, 0.3) is 5.92 Å². The Kier molecular flexibility index (Phi) is 7.53. The summed E-state index contributed by atoms with van der Waals surface area (Å²) in [6, 6.07) is 7.10. The molecule has 1 aliphatic heterocycles. The molecule has 1 saturated heterocycles. The first-order chi connectivity index (χ1) is 16.4. The molecule has 0 aliphatic carbocycles. The molecule has 0 bridgehead atoms. The van der Waals surface area contributed by atoms with Gasteiger partial charge in [-0.1, -0.05) is 12.1 Å². The normalized spacial score (nSPS) is 17.7. The van der Waals surface area contributed by atoms with Gasteiger partial charge in [0.15, 0.2) is 5.78 Å². The third-order valence-corrected chi connectivity index (χ3v) is 5.37. The summed E-state index contributed by atoms with van der Waals surface area (Å²) in [5, 5.41) is 9.04. The van der Waals surface area contributed by atoms with Crippen LogP contribution < -0.4 is 4.74 Å². The van der Waals surface area contributed by atoms with Crippen molar-refractivity contribution >= 4 is 23.3 Å². The molecule has 0 radical (unpaired) electrons. The highest BCUT2D eigenvalue weighted by molar-refractivity contribution is 6.02. The number of likely N-dealkylation sites (tertiary alicyclic amines) is 1. The fourth-order valence-electron chi connectivity index (χ4n) is 3.70. The molecule has 2 heterocycles. The molecule has 0 spiro atoms. The molecule has 1 aromatic carbocycles. The molecule has 6 nitrogen and oxygen atoms in total. The number of nitriles is 1. The number of rotatable bonds is 7. The lowest BCUT2D eigenvalue weighted by Crippen LogP contribution is -2.36. The Morgan fingerprint density at radius 2 is 1.91 bits per heavy atom. The minimum atomic E-state index is -4.80. The summed E-state index contributed by atoms with van der Waals surface area (Å²) in [5.74, 6) is -4.64. The summed E-state index contributed by atoms with van der Waals surface area (Å²) in [6.45, 7) is 0.841. The second kappa shape index (κ2) is 10.2. The van der Waals surface area contributed by atoms with Crippen LogP contribution in [0.25, 0.3) is 11.6 Å². The maximum absolute atomic E-state index is 13.6. The van der Waals surface area contributed by atoms with E-state index < -0.39 is 43.0 Å². The van der Waals surface area contributed by atoms with Crippen LogP contribution in [0.4, 0.5) is 22.0 Å². The van der Waals surface area contributed by atoms with Crippen LogP contribution in [-0.2, 0) is 4.79 Å². The Morgan fingerprint density at radius 3 is 2.54 bits per heavy atom. The number of allylic oxidation sites excluding steroid dienone is 1. The number of hydrogen-bond acceptors (Lipinski definition) is 5. The molecule has 0 saturated carbocycles. The maximum Gasteiger partial charge on any atom is 0.573 e. The number of benzene rings is 1. The van der Waals surface area contributed by atoms with Gasteiger partial charge >= 0.3 is 6.36 Å². The average molecular weight is 493 g/mol. The van der Waals surface area contributed by atoms with Crippen molar-refractivity contribution in [3.05, 3.63) is 59.4 Å². The summed E-state index contributed by atoms with van der Waals surface area (Å²) < 4.78 is 68.0. The minimum absolute atomic E-state index is 0.243. The van der Waals surface area contributed by atoms with Gasteiger partial charge in [-0.05, 0) is 42.3 Å². The van der Waals surface area contributed by atoms with Gasteiger partial charge in [0, 0.05) is 42.8 Å². The van der Waals surface area contributed by atoms with Crippen LogP contribution in [0.1, 0.15) is 47.7 Å². The number of aromatic nitrogens is 1. The third kappa shape index (κ3) is 6.85. The van der Waals surface area contributed by atoms with Crippen LogP contribution in [-0.4, -0.2) is 46.4 Å². The second-order valence-electron chi connectivity index (χ2n) is 8.01. The third-order valence-electron chi connectivity index (χ3n) is 5.37. The number of amides is 1. The van der Waals surface area contributed by atoms with Gasteiger partial charge in [-0.25, -0.2) is 8.78 Å². The van der Waals surface area contributed by atoms with Crippen LogP contribution >= 0.6 is 0 Å². The number of alkyl halides is 5. The molecular weight excluding hydrogens is 473 g/mol. The molecule has 11 heteroatoms. The molecule has 1 aromatic heterocycles. The highest BCUT2D eigenvalue weighted by atomic mass is 19.4. The van der Waals surface area contributed by atoms with Crippen molar-refractivity contribution in [2.45, 2.75) is 44.5 Å². The number of ketones is 1. The molecule has 1 atom stereocenters. The van der Waals surface area contributed by atoms with Gasteiger partial charge in [-0.15, -0.1) is 13.2 Å². The Morgan fingerprint density at radius 1 is 1.23 bits per heavy atom. The van der Waals surface area contributed by atoms with E-state index in [-0.39, 0.29) is 24.2 Å². The van der Waals surface area contributed by atoms with Gasteiger partial charge in [0.05, 0.1) is 12.6 Å². The number of halogens is 5. The van der Waals surface area contributed by atoms with Crippen LogP contribution in [0.3, 0.4) is 0 Å². The Labute approximate surface area is 197 Å². The first-order valence-corrected chi connectivity index (χ1v) is 10.5. The zero-order chi connectivity index (χ0) is 25.8. The first kappa shape index (κ1) is 25.8. The van der Waals surface area contributed by atoms with E-state index in [1.54, 1.807) is 19.1 Å². The summed E-state index contributed by atoms with van der Waals surface area (Å²) in [6.07, 6.45) is -1.70. The molecule has 1 fully saturated rings. The molecule has 1 amide bonds. The largest absolute Gasteiger partial charge is 0.573 e. The van der Waals surface area contributed by atoms with Crippen molar-refractivity contribution in [1.29, 1.82) is 5.26 Å². The lowest BCUT2D eigenvalue weighted by molar-refractivity contribution is -0.274. The number of carbonyl (C=O) groups is 2. The van der Waals surface area contributed by atoms with Crippen LogP contribution in [0.15, 0.2) is 42.7 Å². The molecule has 3 rings (SSSR count). The molecule has 0 unspecified atom stereocenters. The van der Waals surface area contributed by atoms with Crippen molar-refractivity contribution in [1.82, 2.24) is 9.88 Å². The molecule has 35 heavy (non-hydrogen) atoms. The van der Waals surface area contributed by atoms with E-state index in [2.05, 4.69) is 9.72 Å². The van der Waals surface area contributed by atoms with Crippen LogP contribution in [0, 0.1) is 11.3 Å². The van der Waals surface area contributed by atoms with E-state index in [9.17, 15) is 31.5 Å². The topological polar surface area (TPSA) is 83.3 Å². The van der Waals surface area contributed by atoms with Gasteiger partial charge in [-0.2, -0.15) is 5.26 Å². The summed E-state index contributed by atoms with van der Waals surface area (Å²) in [7, 11) is 0. The zero-order valence-electron chi connectivity index (χ0n) is 18.5. The first-order valence-electron chi connectivity index (χ1n) is 10.5. The van der Waals surface area contributed by atoms with Crippen LogP contribution in [0.5, 0.6) is 5.75 Å². The molecule has 184 valence electrons. The maximum atomic E-state index is 13.6. The number of Topliss-reactive ketones (excluding diaryl/α,β-unsaturated/α-hetero) is 1. The lowest BCUT2D eigenvalue weighted by atomic mass is 9.98. The number of ether oxygens (including phenoxy) is 1. The van der Waals surface area contributed by atoms with E-state index in [0.29, 0.717) is 16.7 Å². The van der Waals surface area contributed by atoms with Crippen molar-refractivity contribution < 1.29 is 36.3 Å². The quantitative estimate of drug-likeness (QED) is 0.388. The summed E-state index contributed by atoms with van der Waals surface area (Å²) in [4.78, 5) is 30.0. The predicted molar refractivity (Wildman–Crippen MR) is 115 cm³/mol. The monoisotopic (exact) mass is 493 g/mol. The number of nitrogens with zero attached hydrogens (tertiary/aromatic N) is 3. The molecule has 0 N–H and O–H groups in total. The Hall–Kier alpha value is -3.81. The van der Waals surface area contributed by atoms with Crippen molar-refractivity contribution in [2.24, 2.45) is 0 Å². The van der Waals surface area contributed by atoms with Crippen molar-refractivity contribution in [2.75, 3.05) is 6.54 Å². The van der Waals surface area contributed by atoms with Gasteiger partial charge in [-0.3, -0.25) is 14.6 Å². The lowest BCUT2D eigenvalue weighted by Gasteiger charge is -2.18. The van der Waals surface area contributed by atoms with E-state index in [4.69, 9.17) is 5.26 Å². The van der Waals surface area contributed by atoms with Crippen molar-refractivity contribution in [3.8, 4) is 11.8 Å². The molecule has 1 aliphatic rings. The van der Waals surface area contributed by atoms with Crippen LogP contribution in [0.2, 0.25) is 0 Å². The van der Waals surface area contributed by atoms with E-state index in [1.165, 1.54) is 30.6 Å². The van der Waals surface area contributed by atoms with E-state index in [0.717, 1.165) is 17.0 Å².